The van der Waals surface area contributed by atoms with Crippen LogP contribution in [0.15, 0.2) is 72.8 Å². The largest absolute Gasteiger partial charge is 0.304 e. The zero-order chi connectivity index (χ0) is 13.7. The van der Waals surface area contributed by atoms with Gasteiger partial charge >= 0.3 is 0 Å². The molecular formula is C17H17NO. The molecule has 96 valence electrons. The Bertz CT molecular complexity index is 560. The van der Waals surface area contributed by atoms with Gasteiger partial charge in [-0.3, -0.25) is 4.79 Å². The van der Waals surface area contributed by atoms with Gasteiger partial charge in [-0.15, -0.1) is 0 Å². The van der Waals surface area contributed by atoms with E-state index in [-0.39, 0.29) is 5.91 Å². The van der Waals surface area contributed by atoms with Crippen LogP contribution in [-0.4, -0.2) is 12.5 Å². The average Bonchev–Trinajstić information content (AvgIpc) is 2.47. The molecule has 19 heavy (non-hydrogen) atoms. The summed E-state index contributed by atoms with van der Waals surface area (Å²) in [4.78, 5) is 12.9. The topological polar surface area (TPSA) is 20.3 Å². The Morgan fingerprint density at radius 2 is 1.47 bits per heavy atom. The van der Waals surface area contributed by atoms with E-state index >= 15 is 0 Å². The summed E-state index contributed by atoms with van der Waals surface area (Å²) in [5.74, 6) is 0.0428. The van der Waals surface area contributed by atoms with Gasteiger partial charge in [0.05, 0.1) is 6.54 Å². The first-order chi connectivity index (χ1) is 9.18. The van der Waals surface area contributed by atoms with Crippen molar-refractivity contribution in [1.29, 1.82) is 0 Å². The van der Waals surface area contributed by atoms with Crippen molar-refractivity contribution >= 4 is 11.6 Å². The summed E-state index contributed by atoms with van der Waals surface area (Å²) in [5.41, 5.74) is 2.97. The van der Waals surface area contributed by atoms with Gasteiger partial charge in [0.2, 0.25) is 0 Å². The minimum absolute atomic E-state index is 0.0428. The molecule has 2 nitrogen and oxygen atoms in total. The van der Waals surface area contributed by atoms with Crippen molar-refractivity contribution in [2.24, 2.45) is 0 Å². The Balaban J connectivity index is 0.000000163. The predicted molar refractivity (Wildman–Crippen MR) is 79.1 cm³/mol. The van der Waals surface area contributed by atoms with E-state index in [9.17, 15) is 4.79 Å². The molecule has 0 bridgehead atoms. The van der Waals surface area contributed by atoms with Crippen LogP contribution in [0.2, 0.25) is 0 Å². The quantitative estimate of drug-likeness (QED) is 0.560. The highest BCUT2D eigenvalue weighted by molar-refractivity contribution is 6.13. The molecule has 0 atom stereocenters. The SMILES string of the molecule is C=C1CN(c2ccccc2)C1=O.Cc1ccccc1. The zero-order valence-corrected chi connectivity index (χ0v) is 11.0. The van der Waals surface area contributed by atoms with Gasteiger partial charge in [-0.25, -0.2) is 0 Å². The number of amides is 1. The highest BCUT2D eigenvalue weighted by Crippen LogP contribution is 2.23. The third-order valence-corrected chi connectivity index (χ3v) is 2.90. The van der Waals surface area contributed by atoms with Crippen molar-refractivity contribution in [1.82, 2.24) is 0 Å². The third-order valence-electron chi connectivity index (χ3n) is 2.90. The minimum Gasteiger partial charge on any atom is -0.304 e. The summed E-state index contributed by atoms with van der Waals surface area (Å²) in [6.07, 6.45) is 0. The number of nitrogens with zero attached hydrogens (tertiary/aromatic N) is 1. The number of para-hydroxylation sites is 1. The van der Waals surface area contributed by atoms with Crippen LogP contribution in [0.3, 0.4) is 0 Å². The second-order valence-electron chi connectivity index (χ2n) is 4.49. The van der Waals surface area contributed by atoms with E-state index in [0.29, 0.717) is 12.1 Å². The lowest BCUT2D eigenvalue weighted by atomic mass is 10.1. The van der Waals surface area contributed by atoms with Crippen LogP contribution in [-0.2, 0) is 4.79 Å². The number of aryl methyl sites for hydroxylation is 1. The Hall–Kier alpha value is -2.35. The Morgan fingerprint density at radius 1 is 0.947 bits per heavy atom. The molecule has 0 N–H and O–H groups in total. The number of carbonyl (C=O) groups excluding carboxylic acids is 1. The molecular weight excluding hydrogens is 234 g/mol. The molecule has 0 aromatic heterocycles. The van der Waals surface area contributed by atoms with E-state index in [4.69, 9.17) is 0 Å². The highest BCUT2D eigenvalue weighted by atomic mass is 16.2. The van der Waals surface area contributed by atoms with Crippen LogP contribution in [0.25, 0.3) is 0 Å². The summed E-state index contributed by atoms with van der Waals surface area (Å²) in [5, 5.41) is 0. The fraction of sp³-hybridized carbons (Fsp3) is 0.118. The molecule has 2 aromatic carbocycles. The smallest absolute Gasteiger partial charge is 0.255 e. The molecule has 0 aliphatic carbocycles. The molecule has 2 aromatic rings. The highest BCUT2D eigenvalue weighted by Gasteiger charge is 2.29. The maximum Gasteiger partial charge on any atom is 0.255 e. The summed E-state index contributed by atoms with van der Waals surface area (Å²) in [6, 6.07) is 19.9. The summed E-state index contributed by atoms with van der Waals surface area (Å²) >= 11 is 0. The Morgan fingerprint density at radius 3 is 1.84 bits per heavy atom. The fourth-order valence-electron chi connectivity index (χ4n) is 1.78. The van der Waals surface area contributed by atoms with Crippen LogP contribution >= 0.6 is 0 Å². The third kappa shape index (κ3) is 3.32. The number of benzene rings is 2. The lowest BCUT2D eigenvalue weighted by Crippen LogP contribution is -2.45. The standard InChI is InChI=1S/C10H9NO.C7H8/c1-8-7-11(10(8)12)9-5-3-2-4-6-9;1-7-5-3-2-4-6-7/h2-6H,1,7H2;2-6H,1H3. The Kier molecular flexibility index (Phi) is 4.14. The van der Waals surface area contributed by atoms with Crippen molar-refractivity contribution in [3.63, 3.8) is 0 Å². The molecule has 0 spiro atoms. The average molecular weight is 251 g/mol. The first-order valence-electron chi connectivity index (χ1n) is 6.25. The summed E-state index contributed by atoms with van der Waals surface area (Å²) in [7, 11) is 0. The van der Waals surface area contributed by atoms with E-state index in [1.54, 1.807) is 4.90 Å². The van der Waals surface area contributed by atoms with E-state index in [0.717, 1.165) is 5.69 Å². The van der Waals surface area contributed by atoms with Gasteiger partial charge in [-0.2, -0.15) is 0 Å². The fourth-order valence-corrected chi connectivity index (χ4v) is 1.78. The van der Waals surface area contributed by atoms with E-state index in [1.165, 1.54) is 5.56 Å². The molecule has 1 heterocycles. The number of anilines is 1. The van der Waals surface area contributed by atoms with E-state index < -0.39 is 0 Å². The zero-order valence-electron chi connectivity index (χ0n) is 11.0. The number of β-lactam (4-membered cyclic amide) rings is 1. The van der Waals surface area contributed by atoms with E-state index in [1.807, 2.05) is 48.5 Å². The second-order valence-corrected chi connectivity index (χ2v) is 4.49. The lowest BCUT2D eigenvalue weighted by Gasteiger charge is -2.32. The van der Waals surface area contributed by atoms with Gasteiger partial charge in [0.1, 0.15) is 0 Å². The van der Waals surface area contributed by atoms with Gasteiger partial charge in [-0.05, 0) is 19.1 Å². The van der Waals surface area contributed by atoms with Crippen LogP contribution in [0.4, 0.5) is 5.69 Å². The predicted octanol–water partition coefficient (Wildman–Crippen LogP) is 3.58. The normalized spacial score (nSPS) is 13.4. The molecule has 1 aliphatic heterocycles. The lowest BCUT2D eigenvalue weighted by molar-refractivity contribution is -0.117. The van der Waals surface area contributed by atoms with Crippen LogP contribution in [0, 0.1) is 6.92 Å². The van der Waals surface area contributed by atoms with Gasteiger partial charge in [-0.1, -0.05) is 60.7 Å². The van der Waals surface area contributed by atoms with Gasteiger partial charge in [0.15, 0.2) is 0 Å². The van der Waals surface area contributed by atoms with Crippen LogP contribution in [0.1, 0.15) is 5.56 Å². The van der Waals surface area contributed by atoms with E-state index in [2.05, 4.69) is 25.6 Å². The molecule has 1 amide bonds. The molecule has 3 rings (SSSR count). The summed E-state index contributed by atoms with van der Waals surface area (Å²) in [6.45, 7) is 6.38. The first kappa shape index (κ1) is 13.1. The molecule has 0 saturated carbocycles. The van der Waals surface area contributed by atoms with Crippen molar-refractivity contribution in [2.75, 3.05) is 11.4 Å². The first-order valence-corrected chi connectivity index (χ1v) is 6.25. The van der Waals surface area contributed by atoms with Gasteiger partial charge in [0.25, 0.3) is 5.91 Å². The van der Waals surface area contributed by atoms with Gasteiger partial charge < -0.3 is 4.90 Å². The molecule has 1 saturated heterocycles. The molecule has 0 unspecified atom stereocenters. The minimum atomic E-state index is 0.0428. The van der Waals surface area contributed by atoms with Crippen LogP contribution in [0.5, 0.6) is 0 Å². The van der Waals surface area contributed by atoms with Crippen LogP contribution < -0.4 is 4.90 Å². The number of hydrogen-bond acceptors (Lipinski definition) is 1. The maximum absolute atomic E-state index is 11.2. The maximum atomic E-state index is 11.2. The van der Waals surface area contributed by atoms with Crippen molar-refractivity contribution in [3.8, 4) is 0 Å². The molecule has 2 heteroatoms. The molecule has 0 radical (unpaired) electrons. The van der Waals surface area contributed by atoms with Crippen molar-refractivity contribution < 1.29 is 4.79 Å². The van der Waals surface area contributed by atoms with Crippen molar-refractivity contribution in [2.45, 2.75) is 6.92 Å². The Labute approximate surface area is 114 Å². The van der Waals surface area contributed by atoms with Crippen molar-refractivity contribution in [3.05, 3.63) is 78.4 Å². The number of rotatable bonds is 1. The number of carbonyl (C=O) groups is 1. The molecule has 1 fully saturated rings. The molecule has 1 aliphatic rings. The summed E-state index contributed by atoms with van der Waals surface area (Å²) < 4.78 is 0. The second kappa shape index (κ2) is 6.01. The number of hydrogen-bond donors (Lipinski definition) is 0. The monoisotopic (exact) mass is 251 g/mol. The van der Waals surface area contributed by atoms with Gasteiger partial charge in [0, 0.05) is 11.3 Å².